The Labute approximate surface area is 153 Å². The molecule has 0 aromatic carbocycles. The molecule has 1 saturated heterocycles. The first-order chi connectivity index (χ1) is 12.4. The molecule has 1 heterocycles. The quantitative estimate of drug-likeness (QED) is 0.512. The third-order valence-corrected chi connectivity index (χ3v) is 5.42. The Hall–Kier alpha value is -2.03. The van der Waals surface area contributed by atoms with Crippen molar-refractivity contribution >= 4 is 18.0 Å². The van der Waals surface area contributed by atoms with E-state index in [4.69, 9.17) is 5.11 Å². The number of carbonyl (C=O) groups is 3. The van der Waals surface area contributed by atoms with Gasteiger partial charge in [0.1, 0.15) is 0 Å². The molecule has 4 N–H and O–H groups in total. The van der Waals surface area contributed by atoms with Crippen LogP contribution in [0.3, 0.4) is 0 Å². The molecule has 9 heteroatoms. The van der Waals surface area contributed by atoms with Crippen LogP contribution in [0.5, 0.6) is 0 Å². The lowest BCUT2D eigenvalue weighted by Gasteiger charge is -2.42. The Morgan fingerprint density at radius 3 is 2.35 bits per heavy atom. The maximum absolute atomic E-state index is 12.4. The van der Waals surface area contributed by atoms with Gasteiger partial charge in [-0.1, -0.05) is 6.92 Å². The molecule has 26 heavy (non-hydrogen) atoms. The molecule has 1 atom stereocenters. The lowest BCUT2D eigenvalue weighted by atomic mass is 9.85. The van der Waals surface area contributed by atoms with Gasteiger partial charge in [-0.3, -0.25) is 9.69 Å². The van der Waals surface area contributed by atoms with E-state index in [1.54, 1.807) is 4.90 Å². The van der Waals surface area contributed by atoms with Crippen LogP contribution in [0.25, 0.3) is 0 Å². The molecular formula is C17H29N5O4. The summed E-state index contributed by atoms with van der Waals surface area (Å²) in [6, 6.07) is 0.410. The maximum Gasteiger partial charge on any atom is 0.317 e. The highest BCUT2D eigenvalue weighted by molar-refractivity contribution is 5.77. The van der Waals surface area contributed by atoms with Crippen molar-refractivity contribution in [3.8, 4) is 0 Å². The fraction of sp³-hybridized carbons (Fsp3) is 0.824. The van der Waals surface area contributed by atoms with E-state index >= 15 is 0 Å². The smallest absolute Gasteiger partial charge is 0.317 e. The Morgan fingerprint density at radius 2 is 1.73 bits per heavy atom. The Morgan fingerprint density at radius 1 is 1.04 bits per heavy atom. The summed E-state index contributed by atoms with van der Waals surface area (Å²) >= 11 is 0. The van der Waals surface area contributed by atoms with Gasteiger partial charge in [0.15, 0.2) is 0 Å². The van der Waals surface area contributed by atoms with Crippen molar-refractivity contribution in [2.24, 2.45) is 0 Å². The molecule has 0 aromatic rings. The number of carbonyl (C=O) groups excluding carboxylic acids is 2. The number of likely N-dealkylation sites (tertiary alicyclic amines) is 1. The predicted molar refractivity (Wildman–Crippen MR) is 94.9 cm³/mol. The number of amides is 4. The summed E-state index contributed by atoms with van der Waals surface area (Å²) in [4.78, 5) is 38.7. The first-order valence-electron chi connectivity index (χ1n) is 9.53. The molecule has 3 fully saturated rings. The fourth-order valence-corrected chi connectivity index (χ4v) is 3.65. The Balaban J connectivity index is 1.34. The van der Waals surface area contributed by atoms with Crippen LogP contribution in [0.4, 0.5) is 9.59 Å². The fourth-order valence-electron chi connectivity index (χ4n) is 3.65. The highest BCUT2D eigenvalue weighted by Gasteiger charge is 2.36. The van der Waals surface area contributed by atoms with Crippen LogP contribution < -0.4 is 16.0 Å². The minimum Gasteiger partial charge on any atom is -0.480 e. The van der Waals surface area contributed by atoms with Gasteiger partial charge < -0.3 is 26.0 Å². The number of nitrogens with zero attached hydrogens (tertiary/aromatic N) is 2. The van der Waals surface area contributed by atoms with E-state index in [1.807, 2.05) is 11.8 Å². The highest BCUT2D eigenvalue weighted by atomic mass is 16.4. The average molecular weight is 367 g/mol. The number of carboxylic acid groups (broad SMARTS) is 1. The van der Waals surface area contributed by atoms with Crippen LogP contribution >= 0.6 is 0 Å². The van der Waals surface area contributed by atoms with Crippen LogP contribution in [0.2, 0.25) is 0 Å². The van der Waals surface area contributed by atoms with E-state index in [9.17, 15) is 14.4 Å². The van der Waals surface area contributed by atoms with Gasteiger partial charge in [0.2, 0.25) is 0 Å². The Kier molecular flexibility index (Phi) is 5.85. The van der Waals surface area contributed by atoms with Gasteiger partial charge in [-0.2, -0.15) is 0 Å². The molecule has 4 amide bonds. The van der Waals surface area contributed by atoms with Crippen LogP contribution in [0.1, 0.15) is 39.0 Å². The molecule has 3 rings (SSSR count). The number of carboxylic acids is 1. The zero-order valence-corrected chi connectivity index (χ0v) is 15.2. The first kappa shape index (κ1) is 18.8. The van der Waals surface area contributed by atoms with Gasteiger partial charge in [-0.25, -0.2) is 9.59 Å². The molecule has 1 unspecified atom stereocenters. The van der Waals surface area contributed by atoms with Crippen molar-refractivity contribution in [1.29, 1.82) is 0 Å². The first-order valence-corrected chi connectivity index (χ1v) is 9.53. The van der Waals surface area contributed by atoms with Gasteiger partial charge in [0.25, 0.3) is 0 Å². The number of likely N-dealkylation sites (N-methyl/N-ethyl adjacent to an activating group) is 1. The lowest BCUT2D eigenvalue weighted by molar-refractivity contribution is -0.139. The van der Waals surface area contributed by atoms with E-state index in [2.05, 4.69) is 16.0 Å². The molecule has 0 bridgehead atoms. The predicted octanol–water partition coefficient (Wildman–Crippen LogP) is 0.169. The van der Waals surface area contributed by atoms with Crippen molar-refractivity contribution in [3.05, 3.63) is 0 Å². The largest absolute Gasteiger partial charge is 0.480 e. The summed E-state index contributed by atoms with van der Waals surface area (Å²) in [5.41, 5.74) is 0. The molecule has 1 aliphatic heterocycles. The van der Waals surface area contributed by atoms with Crippen LogP contribution in [-0.2, 0) is 4.79 Å². The summed E-state index contributed by atoms with van der Waals surface area (Å²) in [6.45, 7) is 3.85. The lowest BCUT2D eigenvalue weighted by Crippen LogP contribution is -2.56. The van der Waals surface area contributed by atoms with Crippen molar-refractivity contribution in [3.63, 3.8) is 0 Å². The molecule has 146 valence electrons. The minimum atomic E-state index is -0.819. The van der Waals surface area contributed by atoms with E-state index in [0.717, 1.165) is 32.1 Å². The van der Waals surface area contributed by atoms with Crippen LogP contribution in [-0.4, -0.2) is 83.3 Å². The Bertz CT molecular complexity index is 547. The monoisotopic (exact) mass is 367 g/mol. The molecule has 2 saturated carbocycles. The molecule has 9 nitrogen and oxygen atoms in total. The average Bonchev–Trinajstić information content (AvgIpc) is 3.23. The second kappa shape index (κ2) is 8.11. The van der Waals surface area contributed by atoms with E-state index in [1.165, 1.54) is 0 Å². The topological polar surface area (TPSA) is 114 Å². The summed E-state index contributed by atoms with van der Waals surface area (Å²) in [5, 5.41) is 17.8. The summed E-state index contributed by atoms with van der Waals surface area (Å²) in [5.74, 6) is -0.819. The number of rotatable bonds is 7. The molecule has 2 aliphatic carbocycles. The minimum absolute atomic E-state index is 0.000196. The van der Waals surface area contributed by atoms with Crippen LogP contribution in [0.15, 0.2) is 0 Å². The second-order valence-electron chi connectivity index (χ2n) is 7.55. The van der Waals surface area contributed by atoms with E-state index in [0.29, 0.717) is 25.7 Å². The van der Waals surface area contributed by atoms with Crippen molar-refractivity contribution < 1.29 is 19.5 Å². The van der Waals surface area contributed by atoms with Crippen molar-refractivity contribution in [1.82, 2.24) is 25.8 Å². The van der Waals surface area contributed by atoms with E-state index < -0.39 is 5.97 Å². The molecule has 3 aliphatic rings. The zero-order chi connectivity index (χ0) is 18.7. The maximum atomic E-state index is 12.4. The highest BCUT2D eigenvalue weighted by Crippen LogP contribution is 2.26. The van der Waals surface area contributed by atoms with Gasteiger partial charge in [-0.15, -0.1) is 0 Å². The number of hydrogen-bond donors (Lipinski definition) is 4. The number of aliphatic carboxylic acids is 1. The second-order valence-corrected chi connectivity index (χ2v) is 7.55. The summed E-state index contributed by atoms with van der Waals surface area (Å²) in [7, 11) is 0. The molecule has 0 aromatic heterocycles. The summed E-state index contributed by atoms with van der Waals surface area (Å²) in [6.07, 6.45) is 4.44. The third kappa shape index (κ3) is 5.00. The van der Waals surface area contributed by atoms with E-state index in [-0.39, 0.29) is 36.7 Å². The van der Waals surface area contributed by atoms with Gasteiger partial charge in [-0.05, 0) is 38.6 Å². The number of urea groups is 2. The normalized spacial score (nSPS) is 27.8. The molecule has 0 spiro atoms. The molecular weight excluding hydrogens is 338 g/mol. The SMILES string of the molecule is CCN(CC(=O)O)C1CC(NC(=O)N2CCC(NC(=O)NC3CC3)C2)C1. The summed E-state index contributed by atoms with van der Waals surface area (Å²) < 4.78 is 0. The van der Waals surface area contributed by atoms with Crippen molar-refractivity contribution in [2.45, 2.75) is 63.2 Å². The van der Waals surface area contributed by atoms with Crippen LogP contribution in [0, 0.1) is 0 Å². The number of nitrogens with one attached hydrogen (secondary N) is 3. The van der Waals surface area contributed by atoms with Gasteiger partial charge in [0.05, 0.1) is 6.54 Å². The van der Waals surface area contributed by atoms with Crippen molar-refractivity contribution in [2.75, 3.05) is 26.2 Å². The number of hydrogen-bond acceptors (Lipinski definition) is 4. The third-order valence-electron chi connectivity index (χ3n) is 5.42. The van der Waals surface area contributed by atoms with Gasteiger partial charge in [0, 0.05) is 37.3 Å². The molecule has 0 radical (unpaired) electrons. The zero-order valence-electron chi connectivity index (χ0n) is 15.2. The van der Waals surface area contributed by atoms with Gasteiger partial charge >= 0.3 is 18.0 Å². The standard InChI is InChI=1S/C17H29N5O4/c1-2-21(10-15(23)24)14-7-13(8-14)20-17(26)22-6-5-12(9-22)19-16(25)18-11-3-4-11/h11-14H,2-10H2,1H3,(H,20,26)(H,23,24)(H2,18,19,25).